The van der Waals surface area contributed by atoms with Gasteiger partial charge in [0.25, 0.3) is 0 Å². The maximum atomic E-state index is 12.0. The third-order valence-electron chi connectivity index (χ3n) is 4.88. The van der Waals surface area contributed by atoms with Gasteiger partial charge in [-0.3, -0.25) is 0 Å². The van der Waals surface area contributed by atoms with E-state index >= 15 is 0 Å². The summed E-state index contributed by atoms with van der Waals surface area (Å²) < 4.78 is 29.7. The molecule has 0 N–H and O–H groups in total. The molecule has 1 aliphatic rings. The number of hydrogen-bond donors (Lipinski definition) is 0. The monoisotopic (exact) mass is 427 g/mol. The first kappa shape index (κ1) is 19.7. The normalized spacial score (nSPS) is 15.4. The Morgan fingerprint density at radius 1 is 1.07 bits per heavy atom. The molecule has 0 radical (unpaired) electrons. The van der Waals surface area contributed by atoms with Crippen molar-refractivity contribution in [1.82, 2.24) is 18.6 Å². The molecule has 1 aliphatic heterocycles. The zero-order valence-corrected chi connectivity index (χ0v) is 17.7. The summed E-state index contributed by atoms with van der Waals surface area (Å²) in [5.74, 6) is 1.40. The summed E-state index contributed by atoms with van der Waals surface area (Å²) in [6, 6.07) is 10.2. The van der Waals surface area contributed by atoms with Gasteiger partial charge in [-0.05, 0) is 18.5 Å². The van der Waals surface area contributed by atoms with E-state index in [0.717, 1.165) is 28.0 Å². The van der Waals surface area contributed by atoms with Gasteiger partial charge >= 0.3 is 0 Å². The summed E-state index contributed by atoms with van der Waals surface area (Å²) in [4.78, 5) is 11.6. The predicted octanol–water partition coefficient (Wildman–Crippen LogP) is 3.17. The van der Waals surface area contributed by atoms with Crippen LogP contribution >= 0.6 is 11.5 Å². The molecule has 4 rings (SSSR count). The smallest absolute Gasteiger partial charge is 0.235 e. The first-order valence-electron chi connectivity index (χ1n) is 9.20. The Labute approximate surface area is 174 Å². The Bertz CT molecular complexity index is 1100. The van der Waals surface area contributed by atoms with E-state index in [-0.39, 0.29) is 0 Å². The van der Waals surface area contributed by atoms with Gasteiger partial charge in [0, 0.05) is 48.6 Å². The van der Waals surface area contributed by atoms with Crippen LogP contribution < -0.4 is 4.90 Å². The third-order valence-corrected chi connectivity index (χ3v) is 6.98. The largest absolute Gasteiger partial charge is 0.354 e. The molecule has 3 aromatic rings. The van der Waals surface area contributed by atoms with Gasteiger partial charge in [-0.2, -0.15) is 4.31 Å². The Balaban J connectivity index is 1.68. The fraction of sp³-hybridized carbons (Fsp3) is 0.250. The number of anilines is 1. The first-order chi connectivity index (χ1) is 14.0. The van der Waals surface area contributed by atoms with E-state index in [9.17, 15) is 8.42 Å². The summed E-state index contributed by atoms with van der Waals surface area (Å²) >= 11 is 1.36. The number of nitrogens with zero attached hydrogens (tertiary/aromatic N) is 5. The highest BCUT2D eigenvalue weighted by atomic mass is 32.2. The van der Waals surface area contributed by atoms with Crippen molar-refractivity contribution < 1.29 is 8.42 Å². The SMILES string of the molecule is C=CS(=O)(=O)N1CCN(c2cc(-c3ccc(C)cc3)nc(-c3cnsc3)n2)CC1. The number of aromatic nitrogens is 3. The van der Waals surface area contributed by atoms with Gasteiger partial charge in [0.05, 0.1) is 17.5 Å². The average molecular weight is 428 g/mol. The van der Waals surface area contributed by atoms with E-state index in [1.54, 1.807) is 6.20 Å². The van der Waals surface area contributed by atoms with Crippen LogP contribution in [0.5, 0.6) is 0 Å². The topological polar surface area (TPSA) is 79.3 Å². The highest BCUT2D eigenvalue weighted by Crippen LogP contribution is 2.27. The number of benzene rings is 1. The van der Waals surface area contributed by atoms with Crippen LogP contribution in [0.2, 0.25) is 0 Å². The summed E-state index contributed by atoms with van der Waals surface area (Å²) in [7, 11) is -3.39. The van der Waals surface area contributed by atoms with Crippen molar-refractivity contribution in [3.63, 3.8) is 0 Å². The van der Waals surface area contributed by atoms with Crippen molar-refractivity contribution in [3.8, 4) is 22.6 Å². The van der Waals surface area contributed by atoms with E-state index in [4.69, 9.17) is 9.97 Å². The molecule has 1 saturated heterocycles. The minimum Gasteiger partial charge on any atom is -0.354 e. The van der Waals surface area contributed by atoms with Crippen molar-refractivity contribution in [2.45, 2.75) is 6.92 Å². The lowest BCUT2D eigenvalue weighted by molar-refractivity contribution is 0.389. The number of piperazine rings is 1. The Morgan fingerprint density at radius 3 is 2.41 bits per heavy atom. The molecule has 0 unspecified atom stereocenters. The number of sulfonamides is 1. The summed E-state index contributed by atoms with van der Waals surface area (Å²) in [5, 5.41) is 2.93. The molecule has 0 atom stereocenters. The summed E-state index contributed by atoms with van der Waals surface area (Å²) in [6.45, 7) is 7.36. The number of aryl methyl sites for hydroxylation is 1. The Hall–Kier alpha value is -2.62. The molecule has 1 fully saturated rings. The second kappa shape index (κ2) is 8.02. The van der Waals surface area contributed by atoms with E-state index in [2.05, 4.69) is 34.9 Å². The molecule has 2 aromatic heterocycles. The number of rotatable bonds is 5. The van der Waals surface area contributed by atoms with E-state index < -0.39 is 10.0 Å². The van der Waals surface area contributed by atoms with Gasteiger partial charge in [-0.1, -0.05) is 36.4 Å². The van der Waals surface area contributed by atoms with Crippen molar-refractivity contribution in [3.05, 3.63) is 59.5 Å². The molecule has 9 heteroatoms. The van der Waals surface area contributed by atoms with Gasteiger partial charge in [0.15, 0.2) is 5.82 Å². The third kappa shape index (κ3) is 4.21. The van der Waals surface area contributed by atoms with Crippen molar-refractivity contribution in [2.75, 3.05) is 31.1 Å². The molecule has 150 valence electrons. The van der Waals surface area contributed by atoms with Gasteiger partial charge < -0.3 is 4.90 Å². The van der Waals surface area contributed by atoms with Gasteiger partial charge in [0.2, 0.25) is 10.0 Å². The average Bonchev–Trinajstić information content (AvgIpc) is 3.29. The first-order valence-corrected chi connectivity index (χ1v) is 11.5. The summed E-state index contributed by atoms with van der Waals surface area (Å²) in [5.41, 5.74) is 3.90. The lowest BCUT2D eigenvalue weighted by atomic mass is 10.1. The molecule has 1 aromatic carbocycles. The van der Waals surface area contributed by atoms with Crippen molar-refractivity contribution in [1.29, 1.82) is 0 Å². The quantitative estimate of drug-likeness (QED) is 0.622. The molecular weight excluding hydrogens is 406 g/mol. The minimum atomic E-state index is -3.39. The lowest BCUT2D eigenvalue weighted by Crippen LogP contribution is -2.48. The lowest BCUT2D eigenvalue weighted by Gasteiger charge is -2.34. The predicted molar refractivity (Wildman–Crippen MR) is 116 cm³/mol. The van der Waals surface area contributed by atoms with Gasteiger partial charge in [-0.15, -0.1) is 0 Å². The van der Waals surface area contributed by atoms with Crippen LogP contribution in [-0.4, -0.2) is 53.2 Å². The summed E-state index contributed by atoms with van der Waals surface area (Å²) in [6.07, 6.45) is 1.76. The molecule has 3 heterocycles. The minimum absolute atomic E-state index is 0.396. The van der Waals surface area contributed by atoms with E-state index in [1.165, 1.54) is 21.4 Å². The number of hydrogen-bond acceptors (Lipinski definition) is 7. The fourth-order valence-corrected chi connectivity index (χ4v) is 4.59. The second-order valence-electron chi connectivity index (χ2n) is 6.81. The second-order valence-corrected chi connectivity index (χ2v) is 9.35. The maximum Gasteiger partial charge on any atom is 0.235 e. The van der Waals surface area contributed by atoms with Crippen LogP contribution in [0.3, 0.4) is 0 Å². The highest BCUT2D eigenvalue weighted by molar-refractivity contribution is 7.92. The van der Waals surface area contributed by atoms with E-state index in [0.29, 0.717) is 32.0 Å². The zero-order valence-electron chi connectivity index (χ0n) is 16.0. The molecule has 0 bridgehead atoms. The molecular formula is C20H21N5O2S2. The van der Waals surface area contributed by atoms with Gasteiger partial charge in [0.1, 0.15) is 5.82 Å². The molecule has 0 spiro atoms. The molecule has 7 nitrogen and oxygen atoms in total. The Morgan fingerprint density at radius 2 is 1.79 bits per heavy atom. The van der Waals surface area contributed by atoms with Crippen LogP contribution in [0, 0.1) is 6.92 Å². The van der Waals surface area contributed by atoms with E-state index in [1.807, 2.05) is 23.6 Å². The standard InChI is InChI=1S/C20H21N5O2S2/c1-3-29(26,27)25-10-8-24(9-11-25)19-12-18(16-6-4-15(2)5-7-16)22-20(23-19)17-13-21-28-14-17/h3-7,12-14H,1,8-11H2,2H3. The maximum absolute atomic E-state index is 12.0. The van der Waals surface area contributed by atoms with Gasteiger partial charge in [-0.25, -0.2) is 22.8 Å². The van der Waals surface area contributed by atoms with Crippen LogP contribution in [0.25, 0.3) is 22.6 Å². The van der Waals surface area contributed by atoms with Crippen LogP contribution in [0.1, 0.15) is 5.56 Å². The Kier molecular flexibility index (Phi) is 5.44. The molecule has 0 aliphatic carbocycles. The van der Waals surface area contributed by atoms with Crippen molar-refractivity contribution >= 4 is 27.4 Å². The van der Waals surface area contributed by atoms with Crippen LogP contribution in [0.4, 0.5) is 5.82 Å². The zero-order chi connectivity index (χ0) is 20.4. The molecule has 29 heavy (non-hydrogen) atoms. The van der Waals surface area contributed by atoms with Crippen molar-refractivity contribution in [2.24, 2.45) is 0 Å². The van der Waals surface area contributed by atoms with Crippen LogP contribution in [-0.2, 0) is 10.0 Å². The molecule has 0 saturated carbocycles. The fourth-order valence-electron chi connectivity index (χ4n) is 3.19. The molecule has 0 amide bonds. The van der Waals surface area contributed by atoms with Crippen LogP contribution in [0.15, 0.2) is 53.9 Å². The highest BCUT2D eigenvalue weighted by Gasteiger charge is 2.26.